The molecule has 21 heavy (non-hydrogen) atoms. The molecule has 0 aliphatic carbocycles. The summed E-state index contributed by atoms with van der Waals surface area (Å²) in [6.07, 6.45) is 2.54. The molecule has 4 nitrogen and oxygen atoms in total. The lowest BCUT2D eigenvalue weighted by molar-refractivity contribution is 0.0525. The first-order valence-corrected chi connectivity index (χ1v) is 7.93. The van der Waals surface area contributed by atoms with Crippen molar-refractivity contribution in [3.05, 3.63) is 23.4 Å². The standard InChI is InChI=1S/C17H28N2O2/c1-5-21-14-7-6-8-19(11-14)16-10-13(12-20)9-15(18-16)17(2,3)4/h9-10,14,20H,5-8,11-12H2,1-4H3. The second kappa shape index (κ2) is 6.75. The summed E-state index contributed by atoms with van der Waals surface area (Å²) in [6, 6.07) is 4.01. The van der Waals surface area contributed by atoms with E-state index in [-0.39, 0.29) is 12.0 Å². The number of aromatic nitrogens is 1. The molecule has 1 aliphatic heterocycles. The van der Waals surface area contributed by atoms with Gasteiger partial charge in [-0.25, -0.2) is 4.98 Å². The van der Waals surface area contributed by atoms with Gasteiger partial charge < -0.3 is 14.7 Å². The third-order valence-corrected chi connectivity index (χ3v) is 3.93. The second-order valence-electron chi connectivity index (χ2n) is 6.79. The Balaban J connectivity index is 2.25. The van der Waals surface area contributed by atoms with Crippen LogP contribution < -0.4 is 4.90 Å². The fraction of sp³-hybridized carbons (Fsp3) is 0.706. The average Bonchev–Trinajstić information content (AvgIpc) is 2.46. The van der Waals surface area contributed by atoms with Crippen molar-refractivity contribution >= 4 is 5.82 Å². The summed E-state index contributed by atoms with van der Waals surface area (Å²) in [5.74, 6) is 0.968. The van der Waals surface area contributed by atoms with E-state index in [1.165, 1.54) is 0 Å². The van der Waals surface area contributed by atoms with E-state index in [1.54, 1.807) is 0 Å². The Labute approximate surface area is 128 Å². The van der Waals surface area contributed by atoms with E-state index in [2.05, 4.69) is 25.7 Å². The number of anilines is 1. The summed E-state index contributed by atoms with van der Waals surface area (Å²) in [5, 5.41) is 9.52. The first kappa shape index (κ1) is 16.2. The molecule has 0 saturated carbocycles. The van der Waals surface area contributed by atoms with Crippen LogP contribution in [0.15, 0.2) is 12.1 Å². The number of ether oxygens (including phenoxy) is 1. The molecular formula is C17H28N2O2. The molecule has 0 spiro atoms. The summed E-state index contributed by atoms with van der Waals surface area (Å²) < 4.78 is 5.77. The number of pyridine rings is 1. The molecule has 1 aromatic rings. The summed E-state index contributed by atoms with van der Waals surface area (Å²) in [6.45, 7) is 11.2. The van der Waals surface area contributed by atoms with Gasteiger partial charge in [0.1, 0.15) is 5.82 Å². The van der Waals surface area contributed by atoms with Gasteiger partial charge in [0.25, 0.3) is 0 Å². The van der Waals surface area contributed by atoms with Crippen molar-refractivity contribution in [3.8, 4) is 0 Å². The maximum atomic E-state index is 9.52. The van der Waals surface area contributed by atoms with E-state index in [0.717, 1.165) is 49.6 Å². The minimum Gasteiger partial charge on any atom is -0.392 e. The van der Waals surface area contributed by atoms with Gasteiger partial charge in [0.05, 0.1) is 12.7 Å². The second-order valence-corrected chi connectivity index (χ2v) is 6.79. The van der Waals surface area contributed by atoms with Crippen molar-refractivity contribution in [2.45, 2.75) is 58.7 Å². The smallest absolute Gasteiger partial charge is 0.129 e. The third kappa shape index (κ3) is 4.17. The normalized spacial score (nSPS) is 19.9. The van der Waals surface area contributed by atoms with Gasteiger partial charge in [-0.2, -0.15) is 0 Å². The van der Waals surface area contributed by atoms with Crippen molar-refractivity contribution in [1.82, 2.24) is 4.98 Å². The minimum absolute atomic E-state index is 0.0188. The molecule has 1 unspecified atom stereocenters. The highest BCUT2D eigenvalue weighted by atomic mass is 16.5. The largest absolute Gasteiger partial charge is 0.392 e. The number of hydrogen-bond acceptors (Lipinski definition) is 4. The molecular weight excluding hydrogens is 264 g/mol. The van der Waals surface area contributed by atoms with E-state index in [0.29, 0.717) is 6.10 Å². The van der Waals surface area contributed by atoms with Crippen LogP contribution in [0.1, 0.15) is 51.8 Å². The Morgan fingerprint density at radius 2 is 2.14 bits per heavy atom. The highest BCUT2D eigenvalue weighted by Gasteiger charge is 2.23. The van der Waals surface area contributed by atoms with Gasteiger partial charge in [0.2, 0.25) is 0 Å². The van der Waals surface area contributed by atoms with Gasteiger partial charge in [0.15, 0.2) is 0 Å². The Morgan fingerprint density at radius 1 is 1.38 bits per heavy atom. The fourth-order valence-corrected chi connectivity index (χ4v) is 2.73. The predicted octanol–water partition coefficient (Wildman–Crippen LogP) is 2.88. The van der Waals surface area contributed by atoms with Crippen LogP contribution in [0.4, 0.5) is 5.82 Å². The van der Waals surface area contributed by atoms with Gasteiger partial charge in [-0.05, 0) is 37.5 Å². The zero-order chi connectivity index (χ0) is 15.5. The molecule has 4 heteroatoms. The lowest BCUT2D eigenvalue weighted by Crippen LogP contribution is -2.40. The lowest BCUT2D eigenvalue weighted by Gasteiger charge is -2.34. The molecule has 2 heterocycles. The zero-order valence-electron chi connectivity index (χ0n) is 13.7. The van der Waals surface area contributed by atoms with Gasteiger partial charge >= 0.3 is 0 Å². The first-order chi connectivity index (χ1) is 9.94. The average molecular weight is 292 g/mol. The van der Waals surface area contributed by atoms with E-state index in [9.17, 15) is 5.11 Å². The minimum atomic E-state index is -0.0188. The quantitative estimate of drug-likeness (QED) is 0.927. The van der Waals surface area contributed by atoms with E-state index in [1.807, 2.05) is 19.1 Å². The molecule has 1 atom stereocenters. The summed E-state index contributed by atoms with van der Waals surface area (Å²) in [5.41, 5.74) is 1.95. The number of aliphatic hydroxyl groups is 1. The molecule has 1 saturated heterocycles. The summed E-state index contributed by atoms with van der Waals surface area (Å²) in [4.78, 5) is 7.12. The number of hydrogen-bond donors (Lipinski definition) is 1. The fourth-order valence-electron chi connectivity index (χ4n) is 2.73. The summed E-state index contributed by atoms with van der Waals surface area (Å²) in [7, 11) is 0. The van der Waals surface area contributed by atoms with Crippen molar-refractivity contribution in [2.75, 3.05) is 24.6 Å². The van der Waals surface area contributed by atoms with Crippen LogP contribution in [0.5, 0.6) is 0 Å². The van der Waals surface area contributed by atoms with E-state index in [4.69, 9.17) is 9.72 Å². The number of aliphatic hydroxyl groups excluding tert-OH is 1. The molecule has 0 aromatic carbocycles. The van der Waals surface area contributed by atoms with Crippen LogP contribution in [0, 0.1) is 0 Å². The van der Waals surface area contributed by atoms with Gasteiger partial charge in [-0.15, -0.1) is 0 Å². The van der Waals surface area contributed by atoms with Crippen molar-refractivity contribution in [3.63, 3.8) is 0 Å². The molecule has 0 radical (unpaired) electrons. The Kier molecular flexibility index (Phi) is 5.22. The van der Waals surface area contributed by atoms with Crippen LogP contribution in [0.3, 0.4) is 0 Å². The molecule has 118 valence electrons. The van der Waals surface area contributed by atoms with Crippen LogP contribution >= 0.6 is 0 Å². The lowest BCUT2D eigenvalue weighted by atomic mass is 9.90. The molecule has 2 rings (SSSR count). The number of rotatable bonds is 4. The molecule has 1 aromatic heterocycles. The maximum Gasteiger partial charge on any atom is 0.129 e. The van der Waals surface area contributed by atoms with Crippen molar-refractivity contribution in [1.29, 1.82) is 0 Å². The molecule has 1 fully saturated rings. The monoisotopic (exact) mass is 292 g/mol. The highest BCUT2D eigenvalue weighted by molar-refractivity contribution is 5.44. The van der Waals surface area contributed by atoms with E-state index < -0.39 is 0 Å². The zero-order valence-corrected chi connectivity index (χ0v) is 13.7. The van der Waals surface area contributed by atoms with E-state index >= 15 is 0 Å². The Bertz CT molecular complexity index is 466. The molecule has 0 bridgehead atoms. The van der Waals surface area contributed by atoms with Gasteiger partial charge in [-0.3, -0.25) is 0 Å². The topological polar surface area (TPSA) is 45.6 Å². The van der Waals surface area contributed by atoms with Gasteiger partial charge in [0, 0.05) is 30.8 Å². The first-order valence-electron chi connectivity index (χ1n) is 7.93. The summed E-state index contributed by atoms with van der Waals surface area (Å²) >= 11 is 0. The van der Waals surface area contributed by atoms with Crippen LogP contribution in [-0.4, -0.2) is 35.9 Å². The maximum absolute atomic E-state index is 9.52. The van der Waals surface area contributed by atoms with Crippen LogP contribution in [0.25, 0.3) is 0 Å². The van der Waals surface area contributed by atoms with Crippen molar-refractivity contribution < 1.29 is 9.84 Å². The van der Waals surface area contributed by atoms with Gasteiger partial charge in [-0.1, -0.05) is 20.8 Å². The predicted molar refractivity (Wildman–Crippen MR) is 85.7 cm³/mol. The number of nitrogens with zero attached hydrogens (tertiary/aromatic N) is 2. The van der Waals surface area contributed by atoms with Crippen molar-refractivity contribution in [2.24, 2.45) is 0 Å². The Hall–Kier alpha value is -1.13. The molecule has 1 aliphatic rings. The molecule has 0 amide bonds. The Morgan fingerprint density at radius 3 is 2.76 bits per heavy atom. The third-order valence-electron chi connectivity index (χ3n) is 3.93. The molecule has 1 N–H and O–H groups in total. The van der Waals surface area contributed by atoms with Crippen LogP contribution in [0.2, 0.25) is 0 Å². The SMILES string of the molecule is CCOC1CCCN(c2cc(CO)cc(C(C)(C)C)n2)C1. The van der Waals surface area contributed by atoms with Crippen LogP contribution in [-0.2, 0) is 16.8 Å². The number of piperidine rings is 1. The highest BCUT2D eigenvalue weighted by Crippen LogP contribution is 2.27.